The number of carboxylic acid groups (broad SMARTS) is 1. The number of ether oxygens (including phenoxy) is 1. The van der Waals surface area contributed by atoms with Gasteiger partial charge < -0.3 is 15.2 Å². The molecular weight excluding hydrogens is 415 g/mol. The van der Waals surface area contributed by atoms with Crippen LogP contribution in [0.25, 0.3) is 0 Å². The van der Waals surface area contributed by atoms with Gasteiger partial charge in [-0.25, -0.2) is 4.79 Å². The van der Waals surface area contributed by atoms with Crippen LogP contribution in [0, 0.1) is 5.41 Å². The van der Waals surface area contributed by atoms with E-state index in [9.17, 15) is 18.0 Å². The summed E-state index contributed by atoms with van der Waals surface area (Å²) in [5.74, 6) is -2.76. The van der Waals surface area contributed by atoms with Crippen LogP contribution in [0.5, 0.6) is 0 Å². The van der Waals surface area contributed by atoms with Gasteiger partial charge in [0.2, 0.25) is 0 Å². The molecule has 0 saturated carbocycles. The minimum absolute atomic E-state index is 0.0514. The molecule has 0 aromatic heterocycles. The lowest BCUT2D eigenvalue weighted by atomic mass is 9.75. The van der Waals surface area contributed by atoms with Gasteiger partial charge in [-0.1, -0.05) is 16.6 Å². The summed E-state index contributed by atoms with van der Waals surface area (Å²) in [5.41, 5.74) is 3.36. The number of alkyl halides is 3. The quantitative estimate of drug-likeness (QED) is 0.604. The summed E-state index contributed by atoms with van der Waals surface area (Å²) >= 11 is 0. The average molecular weight is 449 g/mol. The fraction of sp³-hybridized carbons (Fsp3) is 0.762. The van der Waals surface area contributed by atoms with Crippen LogP contribution in [0.15, 0.2) is 16.4 Å². The number of carboxylic acids is 1. The van der Waals surface area contributed by atoms with Crippen molar-refractivity contribution < 1.29 is 37.2 Å². The molecule has 10 heteroatoms. The molecule has 2 N–H and O–H groups in total. The fourth-order valence-corrected chi connectivity index (χ4v) is 4.64. The highest BCUT2D eigenvalue weighted by Crippen LogP contribution is 2.56. The summed E-state index contributed by atoms with van der Waals surface area (Å²) in [4.78, 5) is 22.1. The van der Waals surface area contributed by atoms with Gasteiger partial charge in [0, 0.05) is 5.57 Å². The number of halogens is 3. The number of carbonyl (C=O) groups is 2. The Morgan fingerprint density at radius 3 is 2.13 bits per heavy atom. The van der Waals surface area contributed by atoms with E-state index in [0.29, 0.717) is 6.54 Å². The van der Waals surface area contributed by atoms with Gasteiger partial charge in [-0.15, -0.1) is 0 Å². The number of hydrogen-bond donors (Lipinski definition) is 2. The molecule has 0 radical (unpaired) electrons. The van der Waals surface area contributed by atoms with Crippen LogP contribution in [0.2, 0.25) is 0 Å². The van der Waals surface area contributed by atoms with Gasteiger partial charge in [0.15, 0.2) is 5.70 Å². The van der Waals surface area contributed by atoms with Crippen molar-refractivity contribution in [3.05, 3.63) is 11.3 Å². The molecule has 1 atom stereocenters. The Bertz CT molecular complexity index is 778. The highest BCUT2D eigenvalue weighted by molar-refractivity contribution is 6.02. The van der Waals surface area contributed by atoms with E-state index in [1.54, 1.807) is 0 Å². The lowest BCUT2D eigenvalue weighted by molar-refractivity contribution is -0.829. The van der Waals surface area contributed by atoms with Crippen LogP contribution < -0.4 is 5.32 Å². The topological polar surface area (TPSA) is 88.0 Å². The molecule has 1 saturated heterocycles. The summed E-state index contributed by atoms with van der Waals surface area (Å²) in [7, 11) is 0. The average Bonchev–Trinajstić information content (AvgIpc) is 3.18. The van der Waals surface area contributed by atoms with Crippen molar-refractivity contribution >= 4 is 17.8 Å². The Hall–Kier alpha value is -1.94. The Morgan fingerprint density at radius 2 is 1.71 bits per heavy atom. The number of nitrogens with zero attached hydrogens (tertiary/aromatic N) is 2. The molecule has 2 aliphatic heterocycles. The summed E-state index contributed by atoms with van der Waals surface area (Å²) in [6.07, 6.45) is 0.00489. The second kappa shape index (κ2) is 8.90. The molecule has 7 nitrogen and oxygen atoms in total. The minimum atomic E-state index is -5.08. The normalized spacial score (nSPS) is 25.0. The van der Waals surface area contributed by atoms with Crippen LogP contribution in [0.4, 0.5) is 18.0 Å². The van der Waals surface area contributed by atoms with E-state index >= 15 is 0 Å². The van der Waals surface area contributed by atoms with Crippen molar-refractivity contribution in [3.8, 4) is 0 Å². The van der Waals surface area contributed by atoms with Gasteiger partial charge >= 0.3 is 18.2 Å². The van der Waals surface area contributed by atoms with Crippen molar-refractivity contribution in [1.29, 1.82) is 0 Å². The zero-order valence-electron chi connectivity index (χ0n) is 18.9. The molecule has 31 heavy (non-hydrogen) atoms. The summed E-state index contributed by atoms with van der Waals surface area (Å²) in [5, 5.41) is 15.6. The Balaban J connectivity index is 0.000000423. The number of aliphatic carboxylic acids is 1. The summed E-state index contributed by atoms with van der Waals surface area (Å²) in [6.45, 7) is 12.7. The number of hydrogen-bond acceptors (Lipinski definition) is 5. The maximum Gasteiger partial charge on any atom is 0.548 e. The van der Waals surface area contributed by atoms with Crippen LogP contribution in [0.3, 0.4) is 0 Å². The van der Waals surface area contributed by atoms with Gasteiger partial charge in [-0.05, 0) is 72.9 Å². The Kier molecular flexibility index (Phi) is 7.27. The van der Waals surface area contributed by atoms with E-state index in [0.717, 1.165) is 50.9 Å². The molecule has 1 amide bonds. The number of quaternary nitrogens is 1. The molecule has 0 bridgehead atoms. The number of fused-ring (bicyclic) bond motifs is 1. The van der Waals surface area contributed by atoms with Crippen molar-refractivity contribution in [2.45, 2.75) is 78.5 Å². The second-order valence-electron chi connectivity index (χ2n) is 9.13. The molecular formula is C21H33F3N3O4+. The first-order valence-electron chi connectivity index (χ1n) is 10.7. The first kappa shape index (κ1) is 25.3. The van der Waals surface area contributed by atoms with Crippen LogP contribution in [-0.4, -0.2) is 58.9 Å². The smallest absolute Gasteiger partial charge is 0.475 e. The second-order valence-corrected chi connectivity index (χ2v) is 9.13. The third-order valence-corrected chi connectivity index (χ3v) is 5.94. The van der Waals surface area contributed by atoms with Crippen molar-refractivity contribution in [3.63, 3.8) is 0 Å². The van der Waals surface area contributed by atoms with Gasteiger partial charge in [-0.3, -0.25) is 0 Å². The third kappa shape index (κ3) is 5.11. The summed E-state index contributed by atoms with van der Waals surface area (Å²) in [6, 6.07) is 0. The van der Waals surface area contributed by atoms with E-state index in [4.69, 9.17) is 19.7 Å². The predicted octanol–water partition coefficient (Wildman–Crippen LogP) is 4.59. The lowest BCUT2D eigenvalue weighted by Gasteiger charge is -2.40. The van der Waals surface area contributed by atoms with Crippen molar-refractivity contribution in [1.82, 2.24) is 5.32 Å². The molecule has 0 aromatic carbocycles. The number of allylic oxidation sites excluding steroid dienone is 2. The zero-order chi connectivity index (χ0) is 23.7. The first-order chi connectivity index (χ1) is 14.2. The van der Waals surface area contributed by atoms with Crippen molar-refractivity contribution in [2.24, 2.45) is 10.5 Å². The SMILES string of the molecule is CCC1=N[N+](CC)(C(=O)OC(C)(C)C)C2=C1CCC21CCNCC1.O=C(O)C(F)(F)F. The molecule has 3 rings (SSSR count). The predicted molar refractivity (Wildman–Crippen MR) is 109 cm³/mol. The molecule has 176 valence electrons. The Morgan fingerprint density at radius 1 is 1.16 bits per heavy atom. The third-order valence-electron chi connectivity index (χ3n) is 5.94. The summed E-state index contributed by atoms with van der Waals surface area (Å²) < 4.78 is 37.6. The highest BCUT2D eigenvalue weighted by atomic mass is 19.4. The molecule has 1 aliphatic carbocycles. The number of amides is 1. The fourth-order valence-electron chi connectivity index (χ4n) is 4.64. The molecule has 0 aromatic rings. The van der Waals surface area contributed by atoms with Gasteiger partial charge in [0.05, 0.1) is 5.41 Å². The largest absolute Gasteiger partial charge is 0.548 e. The number of piperidine rings is 1. The molecule has 1 fully saturated rings. The van der Waals surface area contributed by atoms with E-state index in [2.05, 4.69) is 19.2 Å². The van der Waals surface area contributed by atoms with Gasteiger partial charge in [0.1, 0.15) is 17.9 Å². The molecule has 1 unspecified atom stereocenters. The van der Waals surface area contributed by atoms with Crippen LogP contribution in [-0.2, 0) is 9.53 Å². The lowest BCUT2D eigenvalue weighted by Crippen LogP contribution is -2.53. The van der Waals surface area contributed by atoms with Crippen molar-refractivity contribution in [2.75, 3.05) is 19.6 Å². The van der Waals surface area contributed by atoms with E-state index < -0.39 is 17.7 Å². The zero-order valence-corrected chi connectivity index (χ0v) is 18.9. The van der Waals surface area contributed by atoms with E-state index in [1.165, 1.54) is 11.3 Å². The molecule has 2 heterocycles. The van der Waals surface area contributed by atoms with Gasteiger partial charge in [-0.2, -0.15) is 18.0 Å². The molecule has 1 spiro atoms. The van der Waals surface area contributed by atoms with E-state index in [-0.39, 0.29) is 16.1 Å². The highest BCUT2D eigenvalue weighted by Gasteiger charge is 2.61. The van der Waals surface area contributed by atoms with Gasteiger partial charge in [0.25, 0.3) is 0 Å². The maximum atomic E-state index is 13.2. The first-order valence-corrected chi connectivity index (χ1v) is 10.7. The van der Waals surface area contributed by atoms with E-state index in [1.807, 2.05) is 20.8 Å². The maximum absolute atomic E-state index is 13.2. The number of carbonyl (C=O) groups excluding carboxylic acids is 1. The molecule has 3 aliphatic rings. The standard InChI is InChI=1S/C19H32N3O2.C2HF3O2/c1-6-15-14-8-9-19(10-12-20-13-11-19)16(14)22(7-2,21-15)17(23)24-18(3,4)5;3-2(4,5)1(6)7/h20H,6-13H2,1-5H3;(H,6,7)/q+1;. The monoisotopic (exact) mass is 448 g/mol. The number of nitrogens with one attached hydrogen (secondary N) is 1. The Labute approximate surface area is 180 Å². The van der Waals surface area contributed by atoms with Crippen LogP contribution in [0.1, 0.15) is 66.7 Å². The van der Waals surface area contributed by atoms with Crippen LogP contribution >= 0.6 is 0 Å². The minimum Gasteiger partial charge on any atom is -0.475 e. The number of rotatable bonds is 2.